The molecule has 70 valence electrons. The van der Waals surface area contributed by atoms with Gasteiger partial charge in [-0.05, 0) is 13.8 Å². The molecule has 1 rings (SSSR count). The van der Waals surface area contributed by atoms with Crippen LogP contribution in [0.2, 0.25) is 0 Å². The molecule has 0 aromatic carbocycles. The largest absolute Gasteiger partial charge is 0.464 e. The van der Waals surface area contributed by atoms with E-state index in [1.54, 1.807) is 6.92 Å². The zero-order valence-electron chi connectivity index (χ0n) is 7.50. The van der Waals surface area contributed by atoms with Crippen LogP contribution in [0.3, 0.4) is 0 Å². The van der Waals surface area contributed by atoms with Crippen molar-refractivity contribution in [3.63, 3.8) is 0 Å². The Bertz CT molecular complexity index is 152. The second-order valence-electron chi connectivity index (χ2n) is 2.88. The topological polar surface area (TPSA) is 47.6 Å². The van der Waals surface area contributed by atoms with E-state index in [1.807, 2.05) is 6.92 Å². The summed E-state index contributed by atoms with van der Waals surface area (Å²) in [6, 6.07) is 0.329. The quantitative estimate of drug-likeness (QED) is 0.594. The number of hydrogen-bond donors (Lipinski definition) is 1. The van der Waals surface area contributed by atoms with E-state index in [4.69, 9.17) is 9.47 Å². The Labute approximate surface area is 72.2 Å². The van der Waals surface area contributed by atoms with Gasteiger partial charge in [-0.2, -0.15) is 0 Å². The van der Waals surface area contributed by atoms with Crippen molar-refractivity contribution in [1.29, 1.82) is 0 Å². The van der Waals surface area contributed by atoms with Crippen LogP contribution < -0.4 is 5.32 Å². The van der Waals surface area contributed by atoms with E-state index < -0.39 is 6.10 Å². The molecular formula is C8H15NO3. The van der Waals surface area contributed by atoms with Gasteiger partial charge in [0.15, 0.2) is 6.10 Å². The summed E-state index contributed by atoms with van der Waals surface area (Å²) in [6.07, 6.45) is -0.416. The predicted octanol–water partition coefficient (Wildman–Crippen LogP) is -0.0736. The number of carbonyl (C=O) groups is 1. The lowest BCUT2D eigenvalue weighted by Crippen LogP contribution is -2.48. The number of ether oxygens (including phenoxy) is 2. The van der Waals surface area contributed by atoms with Crippen LogP contribution >= 0.6 is 0 Å². The summed E-state index contributed by atoms with van der Waals surface area (Å²) in [6.45, 7) is 5.34. The van der Waals surface area contributed by atoms with Gasteiger partial charge in [0.1, 0.15) is 0 Å². The van der Waals surface area contributed by atoms with Crippen LogP contribution in [-0.4, -0.2) is 37.9 Å². The highest BCUT2D eigenvalue weighted by atomic mass is 16.6. The van der Waals surface area contributed by atoms with Crippen LogP contribution in [0.5, 0.6) is 0 Å². The average Bonchev–Trinajstić information content (AvgIpc) is 2.06. The van der Waals surface area contributed by atoms with Crippen LogP contribution in [0.1, 0.15) is 13.8 Å². The Balaban J connectivity index is 2.29. The molecule has 0 aromatic heterocycles. The molecule has 4 nitrogen and oxygen atoms in total. The normalized spacial score (nSPS) is 29.8. The van der Waals surface area contributed by atoms with Gasteiger partial charge in [0.05, 0.1) is 13.2 Å². The lowest BCUT2D eigenvalue weighted by molar-refractivity contribution is -0.159. The van der Waals surface area contributed by atoms with E-state index in [-0.39, 0.29) is 5.97 Å². The van der Waals surface area contributed by atoms with E-state index >= 15 is 0 Å². The molecule has 0 aromatic rings. The summed E-state index contributed by atoms with van der Waals surface area (Å²) < 4.78 is 10.1. The molecule has 0 radical (unpaired) electrons. The van der Waals surface area contributed by atoms with Crippen LogP contribution in [0.4, 0.5) is 0 Å². The highest BCUT2D eigenvalue weighted by Gasteiger charge is 2.25. The molecular weight excluding hydrogens is 158 g/mol. The summed E-state index contributed by atoms with van der Waals surface area (Å²) >= 11 is 0. The lowest BCUT2D eigenvalue weighted by Gasteiger charge is -2.26. The Morgan fingerprint density at radius 2 is 2.50 bits per heavy atom. The van der Waals surface area contributed by atoms with Crippen LogP contribution in [0.15, 0.2) is 0 Å². The molecule has 1 aliphatic heterocycles. The summed E-state index contributed by atoms with van der Waals surface area (Å²) in [4.78, 5) is 11.1. The second-order valence-corrected chi connectivity index (χ2v) is 2.88. The number of morpholine rings is 1. The van der Waals surface area contributed by atoms with Crippen LogP contribution in [0.25, 0.3) is 0 Å². The molecule has 1 heterocycles. The molecule has 0 aliphatic carbocycles. The Kier molecular flexibility index (Phi) is 3.49. The molecule has 4 heteroatoms. The zero-order valence-corrected chi connectivity index (χ0v) is 7.50. The van der Waals surface area contributed by atoms with Gasteiger partial charge in [0, 0.05) is 12.6 Å². The number of nitrogens with one attached hydrogen (secondary N) is 1. The second kappa shape index (κ2) is 4.42. The van der Waals surface area contributed by atoms with E-state index in [2.05, 4.69) is 5.32 Å². The fourth-order valence-electron chi connectivity index (χ4n) is 1.07. The van der Waals surface area contributed by atoms with Gasteiger partial charge in [-0.3, -0.25) is 0 Å². The van der Waals surface area contributed by atoms with Gasteiger partial charge in [0.25, 0.3) is 0 Å². The first-order chi connectivity index (χ1) is 5.74. The molecule has 0 saturated carbocycles. The maximum absolute atomic E-state index is 11.1. The van der Waals surface area contributed by atoms with Crippen molar-refractivity contribution in [1.82, 2.24) is 5.32 Å². The number of hydrogen-bond acceptors (Lipinski definition) is 4. The molecule has 12 heavy (non-hydrogen) atoms. The van der Waals surface area contributed by atoms with Crippen molar-refractivity contribution in [2.45, 2.75) is 26.0 Å². The van der Waals surface area contributed by atoms with E-state index in [0.717, 1.165) is 0 Å². The van der Waals surface area contributed by atoms with Gasteiger partial charge in [-0.15, -0.1) is 0 Å². The van der Waals surface area contributed by atoms with Crippen molar-refractivity contribution in [2.75, 3.05) is 19.8 Å². The average molecular weight is 173 g/mol. The van der Waals surface area contributed by atoms with Crippen molar-refractivity contribution < 1.29 is 14.3 Å². The fourth-order valence-corrected chi connectivity index (χ4v) is 1.07. The maximum Gasteiger partial charge on any atom is 0.336 e. The van der Waals surface area contributed by atoms with E-state index in [1.165, 1.54) is 0 Å². The minimum Gasteiger partial charge on any atom is -0.464 e. The molecule has 2 atom stereocenters. The summed E-state index contributed by atoms with van der Waals surface area (Å²) in [7, 11) is 0. The Hall–Kier alpha value is -0.610. The molecule has 0 bridgehead atoms. The molecule has 1 saturated heterocycles. The monoisotopic (exact) mass is 173 g/mol. The molecule has 0 unspecified atom stereocenters. The van der Waals surface area contributed by atoms with Gasteiger partial charge >= 0.3 is 5.97 Å². The van der Waals surface area contributed by atoms with E-state index in [0.29, 0.717) is 25.8 Å². The van der Waals surface area contributed by atoms with Crippen molar-refractivity contribution >= 4 is 5.97 Å². The molecule has 1 fully saturated rings. The van der Waals surface area contributed by atoms with E-state index in [9.17, 15) is 4.79 Å². The number of rotatable bonds is 2. The summed E-state index contributed by atoms with van der Waals surface area (Å²) in [5.74, 6) is -0.267. The third kappa shape index (κ3) is 2.46. The highest BCUT2D eigenvalue weighted by molar-refractivity contribution is 5.75. The summed E-state index contributed by atoms with van der Waals surface area (Å²) in [5, 5.41) is 3.15. The smallest absolute Gasteiger partial charge is 0.336 e. The molecule has 1 N–H and O–H groups in total. The van der Waals surface area contributed by atoms with Crippen molar-refractivity contribution in [3.8, 4) is 0 Å². The SMILES string of the molecule is CCOC(=O)[C@@H]1CN[C@H](C)CO1. The van der Waals surface area contributed by atoms with Crippen LogP contribution in [-0.2, 0) is 14.3 Å². The summed E-state index contributed by atoms with van der Waals surface area (Å²) in [5.41, 5.74) is 0. The fraction of sp³-hybridized carbons (Fsp3) is 0.875. The number of carbonyl (C=O) groups excluding carboxylic acids is 1. The molecule has 0 spiro atoms. The Morgan fingerprint density at radius 1 is 1.75 bits per heavy atom. The minimum absolute atomic E-state index is 0.267. The lowest BCUT2D eigenvalue weighted by atomic mass is 10.2. The third-order valence-corrected chi connectivity index (χ3v) is 1.75. The first-order valence-electron chi connectivity index (χ1n) is 4.25. The highest BCUT2D eigenvalue weighted by Crippen LogP contribution is 2.02. The molecule has 1 aliphatic rings. The van der Waals surface area contributed by atoms with Gasteiger partial charge in [0.2, 0.25) is 0 Å². The first-order valence-corrected chi connectivity index (χ1v) is 4.25. The first kappa shape index (κ1) is 9.48. The predicted molar refractivity (Wildman–Crippen MR) is 43.8 cm³/mol. The maximum atomic E-state index is 11.1. The zero-order chi connectivity index (χ0) is 8.97. The Morgan fingerprint density at radius 3 is 3.00 bits per heavy atom. The minimum atomic E-state index is -0.416. The van der Waals surface area contributed by atoms with Gasteiger partial charge < -0.3 is 14.8 Å². The standard InChI is InChI=1S/C8H15NO3/c1-3-11-8(10)7-4-9-6(2)5-12-7/h6-7,9H,3-5H2,1-2H3/t6-,7+/m1/s1. The number of esters is 1. The van der Waals surface area contributed by atoms with Gasteiger partial charge in [-0.25, -0.2) is 4.79 Å². The van der Waals surface area contributed by atoms with Crippen molar-refractivity contribution in [3.05, 3.63) is 0 Å². The third-order valence-electron chi connectivity index (χ3n) is 1.75. The van der Waals surface area contributed by atoms with Gasteiger partial charge in [-0.1, -0.05) is 0 Å². The molecule has 0 amide bonds. The van der Waals surface area contributed by atoms with Crippen molar-refractivity contribution in [2.24, 2.45) is 0 Å². The van der Waals surface area contributed by atoms with Crippen LogP contribution in [0, 0.1) is 0 Å².